The van der Waals surface area contributed by atoms with Gasteiger partial charge in [-0.3, -0.25) is 4.79 Å². The maximum Gasteiger partial charge on any atom is 0.413 e. The van der Waals surface area contributed by atoms with Gasteiger partial charge in [0.15, 0.2) is 0 Å². The number of hydrogen-bond donors (Lipinski definition) is 1. The standard InChI is InChI=1S/C20H29NO6/c1-3-5-14-25-18(22)13-12-17(19(23)26-15-6-4-2)21-20(24)27-16-10-8-7-9-11-16/h7-11,17H,3-6,12-15H2,1-2H3,(H,21,24)/t17-/m0/s1. The Labute approximate surface area is 160 Å². The summed E-state index contributed by atoms with van der Waals surface area (Å²) in [6.45, 7) is 4.60. The Kier molecular flexibility index (Phi) is 11.3. The van der Waals surface area contributed by atoms with E-state index >= 15 is 0 Å². The van der Waals surface area contributed by atoms with E-state index in [0.29, 0.717) is 12.4 Å². The second-order valence-corrected chi connectivity index (χ2v) is 6.03. The highest BCUT2D eigenvalue weighted by Crippen LogP contribution is 2.10. The lowest BCUT2D eigenvalue weighted by Gasteiger charge is -2.17. The molecule has 0 saturated carbocycles. The van der Waals surface area contributed by atoms with Gasteiger partial charge in [0.1, 0.15) is 11.8 Å². The molecule has 0 unspecified atom stereocenters. The highest BCUT2D eigenvalue weighted by atomic mass is 16.6. The molecule has 7 heteroatoms. The number of para-hydroxylation sites is 1. The first-order valence-corrected chi connectivity index (χ1v) is 9.42. The number of carbonyl (C=O) groups is 3. The number of carbonyl (C=O) groups excluding carboxylic acids is 3. The fourth-order valence-electron chi connectivity index (χ4n) is 2.10. The number of rotatable bonds is 12. The zero-order valence-corrected chi connectivity index (χ0v) is 16.1. The van der Waals surface area contributed by atoms with E-state index in [4.69, 9.17) is 14.2 Å². The van der Waals surface area contributed by atoms with Crippen LogP contribution in [0.2, 0.25) is 0 Å². The van der Waals surface area contributed by atoms with Crippen LogP contribution in [0.3, 0.4) is 0 Å². The molecule has 1 atom stereocenters. The third kappa shape index (κ3) is 10.2. The van der Waals surface area contributed by atoms with E-state index in [1.54, 1.807) is 30.3 Å². The van der Waals surface area contributed by atoms with Gasteiger partial charge in [0.05, 0.1) is 13.2 Å². The molecule has 27 heavy (non-hydrogen) atoms. The summed E-state index contributed by atoms with van der Waals surface area (Å²) in [5, 5.41) is 2.47. The molecule has 0 bridgehead atoms. The average molecular weight is 379 g/mol. The van der Waals surface area contributed by atoms with Crippen molar-refractivity contribution in [1.82, 2.24) is 5.32 Å². The fraction of sp³-hybridized carbons (Fsp3) is 0.550. The smallest absolute Gasteiger partial charge is 0.413 e. The van der Waals surface area contributed by atoms with Crippen LogP contribution in [0.5, 0.6) is 5.75 Å². The predicted octanol–water partition coefficient (Wildman–Crippen LogP) is 3.61. The summed E-state index contributed by atoms with van der Waals surface area (Å²) in [5.41, 5.74) is 0. The van der Waals surface area contributed by atoms with Crippen LogP contribution in [0, 0.1) is 0 Å². The van der Waals surface area contributed by atoms with E-state index in [0.717, 1.165) is 25.7 Å². The van der Waals surface area contributed by atoms with Crippen molar-refractivity contribution >= 4 is 18.0 Å². The van der Waals surface area contributed by atoms with Crippen LogP contribution < -0.4 is 10.1 Å². The molecule has 0 fully saturated rings. The first-order valence-electron chi connectivity index (χ1n) is 9.42. The summed E-state index contributed by atoms with van der Waals surface area (Å²) >= 11 is 0. The van der Waals surface area contributed by atoms with Crippen LogP contribution in [0.4, 0.5) is 4.79 Å². The van der Waals surface area contributed by atoms with Gasteiger partial charge in [-0.15, -0.1) is 0 Å². The SMILES string of the molecule is CCCCOC(=O)CC[C@H](NC(=O)Oc1ccccc1)C(=O)OCCCC. The molecule has 1 N–H and O–H groups in total. The van der Waals surface area contributed by atoms with Crippen molar-refractivity contribution in [3.8, 4) is 5.75 Å². The number of ether oxygens (including phenoxy) is 3. The molecular formula is C20H29NO6. The largest absolute Gasteiger partial charge is 0.466 e. The second kappa shape index (κ2) is 13.6. The first-order chi connectivity index (χ1) is 13.1. The minimum atomic E-state index is -0.975. The zero-order valence-electron chi connectivity index (χ0n) is 16.1. The Balaban J connectivity index is 2.56. The summed E-state index contributed by atoms with van der Waals surface area (Å²) in [5.74, 6) is -0.644. The third-order valence-electron chi connectivity index (χ3n) is 3.67. The molecule has 150 valence electrons. The third-order valence-corrected chi connectivity index (χ3v) is 3.67. The van der Waals surface area contributed by atoms with Crippen molar-refractivity contribution < 1.29 is 28.6 Å². The number of benzene rings is 1. The maximum atomic E-state index is 12.2. The average Bonchev–Trinajstić information content (AvgIpc) is 2.66. The molecule has 0 aromatic heterocycles. The van der Waals surface area contributed by atoms with Crippen molar-refractivity contribution in [2.45, 2.75) is 58.4 Å². The van der Waals surface area contributed by atoms with Crippen molar-refractivity contribution in [3.05, 3.63) is 30.3 Å². The molecule has 1 aromatic rings. The number of nitrogens with one attached hydrogen (secondary N) is 1. The lowest BCUT2D eigenvalue weighted by Crippen LogP contribution is -2.43. The summed E-state index contributed by atoms with van der Waals surface area (Å²) < 4.78 is 15.4. The fourth-order valence-corrected chi connectivity index (χ4v) is 2.10. The van der Waals surface area contributed by atoms with Crippen LogP contribution in [-0.4, -0.2) is 37.3 Å². The Bertz CT molecular complexity index is 575. The Morgan fingerprint density at radius 3 is 2.22 bits per heavy atom. The molecule has 0 saturated heterocycles. The normalized spacial score (nSPS) is 11.3. The molecule has 7 nitrogen and oxygen atoms in total. The van der Waals surface area contributed by atoms with Gasteiger partial charge in [-0.05, 0) is 31.4 Å². The molecule has 0 radical (unpaired) electrons. The van der Waals surface area contributed by atoms with E-state index in [9.17, 15) is 14.4 Å². The summed E-state index contributed by atoms with van der Waals surface area (Å²) in [4.78, 5) is 36.1. The van der Waals surface area contributed by atoms with Gasteiger partial charge in [0.25, 0.3) is 0 Å². The van der Waals surface area contributed by atoms with Crippen LogP contribution in [0.1, 0.15) is 52.4 Å². The van der Waals surface area contributed by atoms with E-state index in [1.165, 1.54) is 0 Å². The van der Waals surface area contributed by atoms with Gasteiger partial charge in [0.2, 0.25) is 0 Å². The van der Waals surface area contributed by atoms with Crippen LogP contribution in [0.25, 0.3) is 0 Å². The number of unbranched alkanes of at least 4 members (excludes halogenated alkanes) is 2. The van der Waals surface area contributed by atoms with Gasteiger partial charge in [-0.1, -0.05) is 44.9 Å². The molecule has 0 aliphatic rings. The van der Waals surface area contributed by atoms with Crippen LogP contribution in [-0.2, 0) is 19.1 Å². The Morgan fingerprint density at radius 1 is 0.963 bits per heavy atom. The molecule has 0 aliphatic heterocycles. The monoisotopic (exact) mass is 379 g/mol. The molecule has 0 heterocycles. The topological polar surface area (TPSA) is 90.9 Å². The van der Waals surface area contributed by atoms with Crippen LogP contribution >= 0.6 is 0 Å². The van der Waals surface area contributed by atoms with Crippen LogP contribution in [0.15, 0.2) is 30.3 Å². The van der Waals surface area contributed by atoms with E-state index < -0.39 is 24.1 Å². The number of hydrogen-bond acceptors (Lipinski definition) is 6. The highest BCUT2D eigenvalue weighted by Gasteiger charge is 2.24. The van der Waals surface area contributed by atoms with Gasteiger partial charge in [-0.2, -0.15) is 0 Å². The molecule has 0 aliphatic carbocycles. The summed E-state index contributed by atoms with van der Waals surface area (Å²) in [6, 6.07) is 7.52. The lowest BCUT2D eigenvalue weighted by atomic mass is 10.1. The van der Waals surface area contributed by atoms with Crippen molar-refractivity contribution in [1.29, 1.82) is 0 Å². The highest BCUT2D eigenvalue weighted by molar-refractivity contribution is 5.82. The van der Waals surface area contributed by atoms with E-state index in [2.05, 4.69) is 5.32 Å². The van der Waals surface area contributed by atoms with Gasteiger partial charge in [-0.25, -0.2) is 9.59 Å². The molecule has 1 rings (SSSR count). The first kappa shape index (κ1) is 22.5. The van der Waals surface area contributed by atoms with E-state index in [1.807, 2.05) is 13.8 Å². The van der Waals surface area contributed by atoms with Crippen molar-refractivity contribution in [2.24, 2.45) is 0 Å². The molecule has 1 amide bonds. The van der Waals surface area contributed by atoms with Crippen molar-refractivity contribution in [3.63, 3.8) is 0 Å². The zero-order chi connectivity index (χ0) is 19.9. The minimum absolute atomic E-state index is 0.00285. The lowest BCUT2D eigenvalue weighted by molar-refractivity contribution is -0.147. The number of esters is 2. The minimum Gasteiger partial charge on any atom is -0.466 e. The predicted molar refractivity (Wildman–Crippen MR) is 100 cm³/mol. The quantitative estimate of drug-likeness (QED) is 0.441. The van der Waals surface area contributed by atoms with Gasteiger partial charge < -0.3 is 19.5 Å². The Hall–Kier alpha value is -2.57. The summed E-state index contributed by atoms with van der Waals surface area (Å²) in [6.07, 6.45) is 2.63. The van der Waals surface area contributed by atoms with Crippen molar-refractivity contribution in [2.75, 3.05) is 13.2 Å². The maximum absolute atomic E-state index is 12.2. The Morgan fingerprint density at radius 2 is 1.59 bits per heavy atom. The van der Waals surface area contributed by atoms with E-state index in [-0.39, 0.29) is 19.4 Å². The molecule has 0 spiro atoms. The molecule has 1 aromatic carbocycles. The number of amides is 1. The van der Waals surface area contributed by atoms with Gasteiger partial charge >= 0.3 is 18.0 Å². The summed E-state index contributed by atoms with van der Waals surface area (Å²) in [7, 11) is 0. The molecular weight excluding hydrogens is 350 g/mol. The second-order valence-electron chi connectivity index (χ2n) is 6.03. The van der Waals surface area contributed by atoms with Gasteiger partial charge in [0, 0.05) is 6.42 Å².